The van der Waals surface area contributed by atoms with Crippen molar-refractivity contribution >= 4 is 34.4 Å². The lowest BCUT2D eigenvalue weighted by molar-refractivity contribution is 0.334. The van der Waals surface area contributed by atoms with E-state index in [9.17, 15) is 8.96 Å². The fourth-order valence-corrected chi connectivity index (χ4v) is 6.07. The van der Waals surface area contributed by atoms with Crippen LogP contribution in [0.5, 0.6) is 0 Å². The van der Waals surface area contributed by atoms with Gasteiger partial charge in [0.2, 0.25) is 0 Å². The summed E-state index contributed by atoms with van der Waals surface area (Å²) in [7, 11) is -3.11. The van der Waals surface area contributed by atoms with E-state index in [1.807, 2.05) is 48.5 Å². The van der Waals surface area contributed by atoms with E-state index in [1.54, 1.807) is 31.2 Å². The van der Waals surface area contributed by atoms with Gasteiger partial charge in [0.25, 0.3) is 0 Å². The minimum absolute atomic E-state index is 0.548. The second-order valence-corrected chi connectivity index (χ2v) is 9.91. The molecule has 0 bridgehead atoms. The maximum Gasteiger partial charge on any atom is 0.171 e. The van der Waals surface area contributed by atoms with Crippen LogP contribution in [0.15, 0.2) is 72.8 Å². The number of halogens is 1. The quantitative estimate of drug-likeness (QED) is 0.465. The third kappa shape index (κ3) is 4.45. The molecule has 0 heterocycles. The lowest BCUT2D eigenvalue weighted by Crippen LogP contribution is -2.25. The van der Waals surface area contributed by atoms with Gasteiger partial charge in [0.05, 0.1) is 6.17 Å². The van der Waals surface area contributed by atoms with Crippen LogP contribution in [0.4, 0.5) is 15.8 Å². The molecule has 3 nitrogen and oxygen atoms in total. The Hall–Kier alpha value is -2.58. The lowest BCUT2D eigenvalue weighted by Gasteiger charge is -2.21. The fourth-order valence-electron chi connectivity index (χ4n) is 3.35. The second-order valence-electron chi connectivity index (χ2n) is 7.14. The number of anilines is 2. The predicted molar refractivity (Wildman–Crippen MR) is 118 cm³/mol. The molecular weight excluding hydrogens is 370 g/mol. The van der Waals surface area contributed by atoms with Gasteiger partial charge in [-0.05, 0) is 56.0 Å². The van der Waals surface area contributed by atoms with Crippen LogP contribution < -0.4 is 27.4 Å². The van der Waals surface area contributed by atoms with Crippen molar-refractivity contribution in [3.8, 4) is 0 Å². The summed E-state index contributed by atoms with van der Waals surface area (Å²) in [6.07, 6.45) is 1.35. The molecule has 0 saturated carbocycles. The zero-order valence-electron chi connectivity index (χ0n) is 16.0. The number of rotatable bonds is 7. The van der Waals surface area contributed by atoms with Gasteiger partial charge in [-0.1, -0.05) is 48.5 Å². The molecule has 0 aliphatic heterocycles. The summed E-state index contributed by atoms with van der Waals surface area (Å²) in [6, 6.07) is 22.2. The molecule has 1 unspecified atom stereocenters. The van der Waals surface area contributed by atoms with Crippen molar-refractivity contribution in [3.63, 3.8) is 0 Å². The molecule has 0 spiro atoms. The zero-order chi connectivity index (χ0) is 20.1. The van der Waals surface area contributed by atoms with Crippen molar-refractivity contribution in [1.82, 2.24) is 0 Å². The molecule has 28 heavy (non-hydrogen) atoms. The Balaban J connectivity index is 2.02. The number of aryl methyl sites for hydroxylation is 1. The van der Waals surface area contributed by atoms with Crippen molar-refractivity contribution in [2.75, 3.05) is 11.5 Å². The predicted octanol–water partition coefficient (Wildman–Crippen LogP) is 4.17. The van der Waals surface area contributed by atoms with E-state index in [4.69, 9.17) is 11.5 Å². The summed E-state index contributed by atoms with van der Waals surface area (Å²) in [5.74, 6) is 0. The summed E-state index contributed by atoms with van der Waals surface area (Å²) in [5.41, 5.74) is 14.2. The van der Waals surface area contributed by atoms with E-state index in [-0.39, 0.29) is 0 Å². The second kappa shape index (κ2) is 8.62. The van der Waals surface area contributed by atoms with Crippen molar-refractivity contribution in [2.45, 2.75) is 32.4 Å². The van der Waals surface area contributed by atoms with Gasteiger partial charge < -0.3 is 16.0 Å². The monoisotopic (exact) mass is 396 g/mol. The van der Waals surface area contributed by atoms with Gasteiger partial charge >= 0.3 is 0 Å². The van der Waals surface area contributed by atoms with Crippen LogP contribution in [-0.4, -0.2) is 6.17 Å². The molecule has 146 valence electrons. The Kier molecular flexibility index (Phi) is 6.21. The Bertz CT molecular complexity index is 936. The summed E-state index contributed by atoms with van der Waals surface area (Å²) in [6.45, 7) is 1.58. The van der Waals surface area contributed by atoms with E-state index < -0.39 is 13.3 Å². The highest BCUT2D eigenvalue weighted by atomic mass is 31.2. The molecule has 0 amide bonds. The van der Waals surface area contributed by atoms with Gasteiger partial charge in [-0.15, -0.1) is 0 Å². The first-order chi connectivity index (χ1) is 13.4. The maximum atomic E-state index is 14.4. The first-order valence-electron chi connectivity index (χ1n) is 9.45. The molecule has 3 aromatic carbocycles. The molecule has 0 aliphatic carbocycles. The first kappa shape index (κ1) is 20.2. The van der Waals surface area contributed by atoms with Gasteiger partial charge in [0.1, 0.15) is 0 Å². The molecule has 5 heteroatoms. The third-order valence-electron chi connectivity index (χ3n) is 4.83. The number of hydrogen-bond donors (Lipinski definition) is 2. The molecule has 1 atom stereocenters. The van der Waals surface area contributed by atoms with Crippen LogP contribution >= 0.6 is 7.14 Å². The molecule has 3 aromatic rings. The van der Waals surface area contributed by atoms with Crippen LogP contribution in [0.2, 0.25) is 0 Å². The van der Waals surface area contributed by atoms with Crippen LogP contribution in [0.1, 0.15) is 25.3 Å². The summed E-state index contributed by atoms with van der Waals surface area (Å²) in [4.78, 5) is 0. The standard InChI is InChI=1S/C23H26FN2OP/c1-17(24)5-2-6-18-11-13-21(14-12-18)28(27,22-9-3-7-19(25)15-22)23-10-4-8-20(26)16-23/h3-4,7-17H,2,5-6,25-26H2,1H3. The normalized spacial score (nSPS) is 12.6. The van der Waals surface area contributed by atoms with Crippen LogP contribution in [0.3, 0.4) is 0 Å². The largest absolute Gasteiger partial charge is 0.399 e. The fraction of sp³-hybridized carbons (Fsp3) is 0.217. The highest BCUT2D eigenvalue weighted by Gasteiger charge is 2.30. The van der Waals surface area contributed by atoms with Crippen molar-refractivity contribution in [3.05, 3.63) is 78.4 Å². The van der Waals surface area contributed by atoms with E-state index in [0.717, 1.165) is 23.7 Å². The SMILES string of the molecule is CC(F)CCCc1ccc(P(=O)(c2cccc(N)c2)c2cccc(N)c2)cc1. The highest BCUT2D eigenvalue weighted by Crippen LogP contribution is 2.43. The minimum atomic E-state index is -3.11. The Morgan fingerprint density at radius 3 is 1.86 bits per heavy atom. The minimum Gasteiger partial charge on any atom is -0.399 e. The van der Waals surface area contributed by atoms with Gasteiger partial charge in [-0.3, -0.25) is 0 Å². The summed E-state index contributed by atoms with van der Waals surface area (Å²) in [5, 5.41) is 2.08. The number of benzene rings is 3. The number of alkyl halides is 1. The number of hydrogen-bond acceptors (Lipinski definition) is 3. The molecule has 0 fully saturated rings. The molecule has 3 rings (SSSR count). The Labute approximate surface area is 166 Å². The average Bonchev–Trinajstić information content (AvgIpc) is 2.67. The van der Waals surface area contributed by atoms with Gasteiger partial charge in [0.15, 0.2) is 7.14 Å². The third-order valence-corrected chi connectivity index (χ3v) is 7.87. The van der Waals surface area contributed by atoms with Crippen molar-refractivity contribution in [2.24, 2.45) is 0 Å². The average molecular weight is 396 g/mol. The van der Waals surface area contributed by atoms with E-state index in [1.165, 1.54) is 0 Å². The topological polar surface area (TPSA) is 69.1 Å². The van der Waals surface area contributed by atoms with E-state index in [2.05, 4.69) is 0 Å². The Morgan fingerprint density at radius 1 is 0.857 bits per heavy atom. The van der Waals surface area contributed by atoms with Gasteiger partial charge in [0, 0.05) is 27.3 Å². The summed E-state index contributed by atoms with van der Waals surface area (Å²) >= 11 is 0. The molecule has 0 aliphatic rings. The first-order valence-corrected chi connectivity index (χ1v) is 11.2. The molecular formula is C23H26FN2OP. The maximum absolute atomic E-state index is 14.4. The van der Waals surface area contributed by atoms with Crippen molar-refractivity contribution in [1.29, 1.82) is 0 Å². The van der Waals surface area contributed by atoms with E-state index in [0.29, 0.717) is 28.4 Å². The van der Waals surface area contributed by atoms with Crippen LogP contribution in [0.25, 0.3) is 0 Å². The zero-order valence-corrected chi connectivity index (χ0v) is 16.9. The molecule has 0 saturated heterocycles. The summed E-state index contributed by atoms with van der Waals surface area (Å²) < 4.78 is 27.4. The number of nitrogen functional groups attached to an aromatic ring is 2. The molecule has 0 radical (unpaired) electrons. The van der Waals surface area contributed by atoms with Gasteiger partial charge in [-0.2, -0.15) is 0 Å². The highest BCUT2D eigenvalue weighted by molar-refractivity contribution is 7.85. The smallest absolute Gasteiger partial charge is 0.171 e. The van der Waals surface area contributed by atoms with Crippen LogP contribution in [-0.2, 0) is 11.0 Å². The van der Waals surface area contributed by atoms with Crippen LogP contribution in [0, 0.1) is 0 Å². The van der Waals surface area contributed by atoms with E-state index >= 15 is 0 Å². The number of nitrogens with two attached hydrogens (primary N) is 2. The Morgan fingerprint density at radius 2 is 1.39 bits per heavy atom. The molecule has 0 aromatic heterocycles. The van der Waals surface area contributed by atoms with Crippen molar-refractivity contribution < 1.29 is 8.96 Å². The molecule has 4 N–H and O–H groups in total. The van der Waals surface area contributed by atoms with Gasteiger partial charge in [-0.25, -0.2) is 4.39 Å². The lowest BCUT2D eigenvalue weighted by atomic mass is 10.1.